The molecule has 188 valence electrons. The molecule has 10 heteroatoms. The van der Waals surface area contributed by atoms with E-state index >= 15 is 0 Å². The molecule has 0 aromatic heterocycles. The van der Waals surface area contributed by atoms with Gasteiger partial charge in [-0.15, -0.1) is 23.2 Å². The molecule has 3 aliphatic rings. The third kappa shape index (κ3) is 4.03. The topological polar surface area (TPSA) is 92.8 Å². The summed E-state index contributed by atoms with van der Waals surface area (Å²) in [4.78, 5) is 52.2. The minimum Gasteiger partial charge on any atom is -0.452 e. The highest BCUT2D eigenvalue weighted by Gasteiger charge is 2.66. The molecule has 36 heavy (non-hydrogen) atoms. The van der Waals surface area contributed by atoms with Gasteiger partial charge in [-0.25, -0.2) is 4.79 Å². The Balaban J connectivity index is 1.21. The van der Waals surface area contributed by atoms with Gasteiger partial charge in [0.15, 0.2) is 6.61 Å². The van der Waals surface area contributed by atoms with Crippen LogP contribution >= 0.6 is 39.1 Å². The van der Waals surface area contributed by atoms with Crippen LogP contribution in [-0.2, 0) is 19.1 Å². The highest BCUT2D eigenvalue weighted by molar-refractivity contribution is 9.10. The zero-order valence-corrected chi connectivity index (χ0v) is 22.6. The fourth-order valence-corrected chi connectivity index (χ4v) is 7.00. The second-order valence-corrected chi connectivity index (χ2v) is 11.4. The predicted molar refractivity (Wildman–Crippen MR) is 139 cm³/mol. The Morgan fingerprint density at radius 3 is 2.14 bits per heavy atom. The minimum absolute atomic E-state index is 0.101. The molecule has 2 bridgehead atoms. The first-order valence-corrected chi connectivity index (χ1v) is 13.3. The summed E-state index contributed by atoms with van der Waals surface area (Å²) >= 11 is 16.3. The molecule has 1 N–H and O–H groups in total. The summed E-state index contributed by atoms with van der Waals surface area (Å²) in [5.41, 5.74) is 3.13. The highest BCUT2D eigenvalue weighted by atomic mass is 79.9. The second-order valence-electron chi connectivity index (χ2n) is 9.53. The number of esters is 1. The van der Waals surface area contributed by atoms with Gasteiger partial charge in [0.1, 0.15) is 0 Å². The van der Waals surface area contributed by atoms with Crippen LogP contribution in [0.25, 0.3) is 0 Å². The number of alkyl halides is 2. The lowest BCUT2D eigenvalue weighted by Crippen LogP contribution is -2.37. The van der Waals surface area contributed by atoms with E-state index in [1.54, 1.807) is 6.07 Å². The largest absolute Gasteiger partial charge is 0.452 e. The molecule has 1 saturated heterocycles. The molecule has 2 saturated carbocycles. The van der Waals surface area contributed by atoms with Crippen molar-refractivity contribution in [3.8, 4) is 0 Å². The van der Waals surface area contributed by atoms with Crippen molar-refractivity contribution in [2.45, 2.75) is 31.0 Å². The third-order valence-electron chi connectivity index (χ3n) is 7.68. The van der Waals surface area contributed by atoms with Gasteiger partial charge in [-0.1, -0.05) is 15.9 Å². The number of imide groups is 1. The van der Waals surface area contributed by atoms with E-state index in [4.69, 9.17) is 27.9 Å². The van der Waals surface area contributed by atoms with Crippen LogP contribution in [0.5, 0.6) is 0 Å². The lowest BCUT2D eigenvalue weighted by Gasteiger charge is -2.28. The van der Waals surface area contributed by atoms with Crippen molar-refractivity contribution < 1.29 is 23.9 Å². The van der Waals surface area contributed by atoms with Crippen molar-refractivity contribution in [1.82, 2.24) is 0 Å². The molecule has 2 aliphatic carbocycles. The molecular weight excluding hydrogens is 571 g/mol. The van der Waals surface area contributed by atoms with Gasteiger partial charge in [-0.2, -0.15) is 0 Å². The van der Waals surface area contributed by atoms with Gasteiger partial charge < -0.3 is 10.1 Å². The molecule has 3 fully saturated rings. The van der Waals surface area contributed by atoms with Gasteiger partial charge >= 0.3 is 5.97 Å². The number of anilines is 2. The standard InChI is InChI=1S/C26H23BrCl2N2O5/c1-11-12(2)18(8-7-17(11)27)30-19(32)10-36-26(35)13-3-5-14(6-4-13)31-24(33)20-15-9-16(21(20)25(31)34)23(29)22(15)28/h3-8,15-16,20-23H,9-10H2,1-2H3,(H,30,32)/t15-,16-,20-,21-,22+,23+/m1/s1. The molecule has 1 aliphatic heterocycles. The van der Waals surface area contributed by atoms with Crippen LogP contribution in [0.4, 0.5) is 11.4 Å². The summed E-state index contributed by atoms with van der Waals surface area (Å²) in [6.07, 6.45) is 0.697. The maximum absolute atomic E-state index is 13.1. The molecule has 7 nitrogen and oxygen atoms in total. The second kappa shape index (κ2) is 9.47. The number of nitrogens with one attached hydrogen (secondary N) is 1. The number of rotatable bonds is 5. The fraction of sp³-hybridized carbons (Fsp3) is 0.385. The Morgan fingerprint density at radius 2 is 1.56 bits per heavy atom. The monoisotopic (exact) mass is 592 g/mol. The van der Waals surface area contributed by atoms with E-state index < -0.39 is 30.3 Å². The van der Waals surface area contributed by atoms with Crippen LogP contribution in [0, 0.1) is 37.5 Å². The number of amides is 3. The molecule has 0 radical (unpaired) electrons. The Morgan fingerprint density at radius 1 is 0.972 bits per heavy atom. The number of ether oxygens (including phenoxy) is 1. The number of fused-ring (bicyclic) bond motifs is 5. The predicted octanol–water partition coefficient (Wildman–Crippen LogP) is 4.83. The first-order chi connectivity index (χ1) is 17.1. The Bertz CT molecular complexity index is 1250. The molecular formula is C26H23BrCl2N2O5. The van der Waals surface area contributed by atoms with Crippen LogP contribution in [0.15, 0.2) is 40.9 Å². The Hall–Kier alpha value is -2.42. The van der Waals surface area contributed by atoms with E-state index in [1.165, 1.54) is 29.2 Å². The van der Waals surface area contributed by atoms with E-state index in [2.05, 4.69) is 21.2 Å². The number of nitrogens with zero attached hydrogens (tertiary/aromatic N) is 1. The number of hydrogen-bond acceptors (Lipinski definition) is 5. The van der Waals surface area contributed by atoms with Crippen molar-refractivity contribution in [3.05, 3.63) is 57.6 Å². The smallest absolute Gasteiger partial charge is 0.338 e. The van der Waals surface area contributed by atoms with Crippen molar-refractivity contribution in [1.29, 1.82) is 0 Å². The quantitative estimate of drug-likeness (QED) is 0.304. The van der Waals surface area contributed by atoms with Gasteiger partial charge in [-0.05, 0) is 79.6 Å². The summed E-state index contributed by atoms with van der Waals surface area (Å²) < 4.78 is 6.08. The highest BCUT2D eigenvalue weighted by Crippen LogP contribution is 2.59. The van der Waals surface area contributed by atoms with Gasteiger partial charge in [0, 0.05) is 10.2 Å². The third-order valence-corrected chi connectivity index (χ3v) is 9.86. The number of carbonyl (C=O) groups excluding carboxylic acids is 4. The van der Waals surface area contributed by atoms with Crippen LogP contribution in [0.2, 0.25) is 0 Å². The maximum atomic E-state index is 13.1. The van der Waals surface area contributed by atoms with Crippen LogP contribution < -0.4 is 10.2 Å². The molecule has 2 aromatic rings. The van der Waals surface area contributed by atoms with Crippen LogP contribution in [-0.4, -0.2) is 41.1 Å². The average Bonchev–Trinajstić information content (AvgIpc) is 3.48. The number of carbonyl (C=O) groups is 4. The molecule has 1 heterocycles. The maximum Gasteiger partial charge on any atom is 0.338 e. The van der Waals surface area contributed by atoms with Gasteiger partial charge in [0.05, 0.1) is 33.8 Å². The van der Waals surface area contributed by atoms with Crippen molar-refractivity contribution >= 4 is 74.2 Å². The van der Waals surface area contributed by atoms with E-state index in [-0.39, 0.29) is 40.0 Å². The zero-order chi connectivity index (χ0) is 25.9. The summed E-state index contributed by atoms with van der Waals surface area (Å²) in [5.74, 6) is -2.77. The van der Waals surface area contributed by atoms with Crippen LogP contribution in [0.3, 0.4) is 0 Å². The molecule has 2 aromatic carbocycles. The van der Waals surface area contributed by atoms with Crippen molar-refractivity contribution in [2.24, 2.45) is 23.7 Å². The molecule has 0 unspecified atom stereocenters. The van der Waals surface area contributed by atoms with Crippen LogP contribution in [0.1, 0.15) is 27.9 Å². The fourth-order valence-electron chi connectivity index (χ4n) is 5.67. The van der Waals surface area contributed by atoms with Gasteiger partial charge in [0.25, 0.3) is 5.91 Å². The first-order valence-electron chi connectivity index (χ1n) is 11.6. The van der Waals surface area contributed by atoms with Gasteiger partial charge in [-0.3, -0.25) is 19.3 Å². The summed E-state index contributed by atoms with van der Waals surface area (Å²) in [7, 11) is 0. The van der Waals surface area contributed by atoms with Crippen molar-refractivity contribution in [3.63, 3.8) is 0 Å². The normalized spacial score (nSPS) is 28.4. The summed E-state index contributed by atoms with van der Waals surface area (Å²) in [6, 6.07) is 9.60. The molecule has 0 spiro atoms. The first kappa shape index (κ1) is 25.2. The zero-order valence-electron chi connectivity index (χ0n) is 19.5. The van der Waals surface area contributed by atoms with E-state index in [1.807, 2.05) is 19.9 Å². The molecule has 3 amide bonds. The Kier molecular flexibility index (Phi) is 6.64. The number of hydrogen-bond donors (Lipinski definition) is 1. The van der Waals surface area contributed by atoms with E-state index in [0.29, 0.717) is 17.8 Å². The number of benzene rings is 2. The Labute approximate surface area is 226 Å². The van der Waals surface area contributed by atoms with Gasteiger partial charge in [0.2, 0.25) is 11.8 Å². The summed E-state index contributed by atoms with van der Waals surface area (Å²) in [5, 5.41) is 2.10. The SMILES string of the molecule is Cc1c(Br)ccc(NC(=O)COC(=O)c2ccc(N3C(=O)[C@@H]4[C@H]5C[C@@H]([C@H](Cl)[C@H]5Cl)[C@H]4C3=O)cc2)c1C. The van der Waals surface area contributed by atoms with Crippen molar-refractivity contribution in [2.75, 3.05) is 16.8 Å². The lowest BCUT2D eigenvalue weighted by atomic mass is 9.80. The average molecular weight is 594 g/mol. The summed E-state index contributed by atoms with van der Waals surface area (Å²) in [6.45, 7) is 3.37. The van der Waals surface area contributed by atoms with E-state index in [9.17, 15) is 19.2 Å². The molecule has 5 rings (SSSR count). The lowest BCUT2D eigenvalue weighted by molar-refractivity contribution is -0.123. The number of halogens is 3. The minimum atomic E-state index is -0.690. The van der Waals surface area contributed by atoms with E-state index in [0.717, 1.165) is 15.6 Å². The molecule has 6 atom stereocenters.